The second kappa shape index (κ2) is 4.40. The number of thiazole rings is 1. The molecule has 17 heavy (non-hydrogen) atoms. The highest BCUT2D eigenvalue weighted by molar-refractivity contribution is 7.15. The van der Waals surface area contributed by atoms with E-state index in [2.05, 4.69) is 51.2 Å². The van der Waals surface area contributed by atoms with Crippen LogP contribution >= 0.6 is 11.3 Å². The molecule has 0 radical (unpaired) electrons. The molecule has 1 aliphatic rings. The van der Waals surface area contributed by atoms with Crippen molar-refractivity contribution in [2.24, 2.45) is 0 Å². The molecule has 3 heterocycles. The van der Waals surface area contributed by atoms with Gasteiger partial charge in [0.05, 0.1) is 5.69 Å². The molecule has 2 atom stereocenters. The largest absolute Gasteiger partial charge is 0.309 e. The van der Waals surface area contributed by atoms with E-state index in [0.717, 1.165) is 24.6 Å². The van der Waals surface area contributed by atoms with Crippen LogP contribution in [0.5, 0.6) is 0 Å². The van der Waals surface area contributed by atoms with Gasteiger partial charge in [-0.15, -0.1) is 11.3 Å². The van der Waals surface area contributed by atoms with E-state index in [9.17, 15) is 0 Å². The molecule has 2 aromatic rings. The molecule has 92 valence electrons. The van der Waals surface area contributed by atoms with Gasteiger partial charge in [0.15, 0.2) is 4.96 Å². The molecule has 0 bridgehead atoms. The predicted octanol–water partition coefficient (Wildman–Crippen LogP) is 1.58. The van der Waals surface area contributed by atoms with Crippen LogP contribution in [0, 0.1) is 0 Å². The summed E-state index contributed by atoms with van der Waals surface area (Å²) in [7, 11) is 0. The summed E-state index contributed by atoms with van der Waals surface area (Å²) in [6.07, 6.45) is 4.21. The Morgan fingerprint density at radius 2 is 2.18 bits per heavy atom. The summed E-state index contributed by atoms with van der Waals surface area (Å²) >= 11 is 1.69. The molecule has 3 rings (SSSR count). The maximum absolute atomic E-state index is 4.64. The van der Waals surface area contributed by atoms with Crippen LogP contribution in [0.25, 0.3) is 4.96 Å². The van der Waals surface area contributed by atoms with Crippen LogP contribution in [-0.4, -0.2) is 39.5 Å². The van der Waals surface area contributed by atoms with Crippen molar-refractivity contribution in [1.29, 1.82) is 0 Å². The van der Waals surface area contributed by atoms with E-state index >= 15 is 0 Å². The fourth-order valence-electron chi connectivity index (χ4n) is 2.65. The van der Waals surface area contributed by atoms with E-state index in [4.69, 9.17) is 0 Å². The van der Waals surface area contributed by atoms with Gasteiger partial charge >= 0.3 is 0 Å². The number of fused-ring (bicyclic) bond motifs is 1. The Bertz CT molecular complexity index is 465. The van der Waals surface area contributed by atoms with Crippen molar-refractivity contribution in [3.8, 4) is 0 Å². The molecule has 1 fully saturated rings. The first-order chi connectivity index (χ1) is 8.20. The highest BCUT2D eigenvalue weighted by Crippen LogP contribution is 2.14. The van der Waals surface area contributed by atoms with Crippen molar-refractivity contribution in [2.45, 2.75) is 32.5 Å². The summed E-state index contributed by atoms with van der Waals surface area (Å²) < 4.78 is 2.11. The Morgan fingerprint density at radius 3 is 2.88 bits per heavy atom. The number of hydrogen-bond acceptors (Lipinski definition) is 4. The lowest BCUT2D eigenvalue weighted by Crippen LogP contribution is -2.53. The van der Waals surface area contributed by atoms with Gasteiger partial charge in [-0.2, -0.15) is 0 Å². The molecule has 1 N–H and O–H groups in total. The zero-order valence-corrected chi connectivity index (χ0v) is 11.1. The molecule has 5 heteroatoms. The van der Waals surface area contributed by atoms with Crippen LogP contribution < -0.4 is 5.32 Å². The first-order valence-electron chi connectivity index (χ1n) is 6.10. The van der Waals surface area contributed by atoms with Gasteiger partial charge in [0.2, 0.25) is 0 Å². The van der Waals surface area contributed by atoms with E-state index in [-0.39, 0.29) is 0 Å². The van der Waals surface area contributed by atoms with Crippen molar-refractivity contribution in [3.05, 3.63) is 23.5 Å². The molecule has 0 saturated carbocycles. The van der Waals surface area contributed by atoms with E-state index in [1.807, 2.05) is 0 Å². The quantitative estimate of drug-likeness (QED) is 0.878. The second-order valence-corrected chi connectivity index (χ2v) is 5.86. The van der Waals surface area contributed by atoms with Crippen LogP contribution in [0.3, 0.4) is 0 Å². The minimum Gasteiger partial charge on any atom is -0.309 e. The normalized spacial score (nSPS) is 26.7. The third kappa shape index (κ3) is 2.36. The van der Waals surface area contributed by atoms with Gasteiger partial charge in [-0.1, -0.05) is 0 Å². The lowest BCUT2D eigenvalue weighted by Gasteiger charge is -2.35. The number of hydrogen-bond donors (Lipinski definition) is 1. The summed E-state index contributed by atoms with van der Waals surface area (Å²) in [5.74, 6) is 0. The third-order valence-corrected chi connectivity index (χ3v) is 3.93. The Morgan fingerprint density at radius 1 is 1.41 bits per heavy atom. The standard InChI is InChI=1S/C12H18N4S/c1-9-5-15(6-10(2)13-9)7-11-8-16-3-4-17-12(16)14-11/h3-4,8-10,13H,5-7H2,1-2H3. The number of aromatic nitrogens is 2. The average Bonchev–Trinajstić information content (AvgIpc) is 2.75. The fraction of sp³-hybridized carbons (Fsp3) is 0.583. The van der Waals surface area contributed by atoms with Gasteiger partial charge < -0.3 is 5.32 Å². The second-order valence-electron chi connectivity index (χ2n) is 4.99. The lowest BCUT2D eigenvalue weighted by atomic mass is 10.1. The molecule has 1 saturated heterocycles. The van der Waals surface area contributed by atoms with Gasteiger partial charge in [0.1, 0.15) is 0 Å². The Balaban J connectivity index is 1.72. The van der Waals surface area contributed by atoms with Crippen molar-refractivity contribution >= 4 is 16.3 Å². The Kier molecular flexibility index (Phi) is 2.90. The van der Waals surface area contributed by atoms with E-state index in [1.165, 1.54) is 5.69 Å². The highest BCUT2D eigenvalue weighted by Gasteiger charge is 2.21. The van der Waals surface area contributed by atoms with Gasteiger partial charge in [0, 0.05) is 49.5 Å². The van der Waals surface area contributed by atoms with Gasteiger partial charge in [-0.3, -0.25) is 9.30 Å². The minimum absolute atomic E-state index is 0.572. The molecule has 0 spiro atoms. The zero-order chi connectivity index (χ0) is 11.8. The molecule has 2 unspecified atom stereocenters. The summed E-state index contributed by atoms with van der Waals surface area (Å²) in [5, 5.41) is 5.62. The fourth-order valence-corrected chi connectivity index (χ4v) is 3.37. The summed E-state index contributed by atoms with van der Waals surface area (Å²) in [5.41, 5.74) is 1.18. The van der Waals surface area contributed by atoms with E-state index in [1.54, 1.807) is 11.3 Å². The first-order valence-corrected chi connectivity index (χ1v) is 6.98. The van der Waals surface area contributed by atoms with E-state index in [0.29, 0.717) is 12.1 Å². The molecule has 0 aromatic carbocycles. The molecule has 0 amide bonds. The van der Waals surface area contributed by atoms with Crippen molar-refractivity contribution < 1.29 is 0 Å². The maximum Gasteiger partial charge on any atom is 0.193 e. The number of imidazole rings is 1. The van der Waals surface area contributed by atoms with Crippen molar-refractivity contribution in [1.82, 2.24) is 19.6 Å². The van der Waals surface area contributed by atoms with E-state index < -0.39 is 0 Å². The number of nitrogens with zero attached hydrogens (tertiary/aromatic N) is 3. The lowest BCUT2D eigenvalue weighted by molar-refractivity contribution is 0.165. The van der Waals surface area contributed by atoms with Crippen molar-refractivity contribution in [3.63, 3.8) is 0 Å². The molecular formula is C12H18N4S. The predicted molar refractivity (Wildman–Crippen MR) is 70.4 cm³/mol. The smallest absolute Gasteiger partial charge is 0.193 e. The topological polar surface area (TPSA) is 32.6 Å². The third-order valence-electron chi connectivity index (χ3n) is 3.16. The summed E-state index contributed by atoms with van der Waals surface area (Å²) in [4.78, 5) is 8.21. The SMILES string of the molecule is CC1CN(Cc2cn3ccsc3n2)CC(C)N1. The average molecular weight is 250 g/mol. The van der Waals surface area contributed by atoms with Gasteiger partial charge in [-0.05, 0) is 13.8 Å². The number of piperazine rings is 1. The molecule has 0 aliphatic carbocycles. The van der Waals surface area contributed by atoms with Crippen molar-refractivity contribution in [2.75, 3.05) is 13.1 Å². The van der Waals surface area contributed by atoms with Gasteiger partial charge in [0.25, 0.3) is 0 Å². The molecule has 2 aromatic heterocycles. The van der Waals surface area contributed by atoms with Crippen LogP contribution in [-0.2, 0) is 6.54 Å². The van der Waals surface area contributed by atoms with Crippen LogP contribution in [0.2, 0.25) is 0 Å². The molecular weight excluding hydrogens is 232 g/mol. The zero-order valence-electron chi connectivity index (χ0n) is 10.3. The van der Waals surface area contributed by atoms with Crippen LogP contribution in [0.1, 0.15) is 19.5 Å². The number of rotatable bonds is 2. The molecule has 1 aliphatic heterocycles. The minimum atomic E-state index is 0.572. The van der Waals surface area contributed by atoms with Crippen LogP contribution in [0.4, 0.5) is 0 Å². The Labute approximate surface area is 105 Å². The summed E-state index contributed by atoms with van der Waals surface area (Å²) in [6.45, 7) is 7.67. The first kappa shape index (κ1) is 11.2. The van der Waals surface area contributed by atoms with Crippen LogP contribution in [0.15, 0.2) is 17.8 Å². The maximum atomic E-state index is 4.64. The summed E-state index contributed by atoms with van der Waals surface area (Å²) in [6, 6.07) is 1.14. The molecule has 4 nitrogen and oxygen atoms in total. The van der Waals surface area contributed by atoms with Gasteiger partial charge in [-0.25, -0.2) is 4.98 Å². The number of nitrogens with one attached hydrogen (secondary N) is 1. The Hall–Kier alpha value is -0.910. The monoisotopic (exact) mass is 250 g/mol. The highest BCUT2D eigenvalue weighted by atomic mass is 32.1.